The molecular formula is C14H24N6O6. The van der Waals surface area contributed by atoms with Gasteiger partial charge >= 0.3 is 12.0 Å². The number of carbonyl (C=O) groups excluding carboxylic acids is 2. The number of urea groups is 1. The first-order chi connectivity index (χ1) is 12.3. The van der Waals surface area contributed by atoms with Gasteiger partial charge in [0.05, 0.1) is 12.6 Å². The van der Waals surface area contributed by atoms with E-state index in [0.717, 1.165) is 6.92 Å². The Hall–Kier alpha value is -2.57. The van der Waals surface area contributed by atoms with Gasteiger partial charge in [-0.25, -0.2) is 9.59 Å². The Bertz CT molecular complexity index is 607. The van der Waals surface area contributed by atoms with Crippen LogP contribution in [0.15, 0.2) is 4.52 Å². The fourth-order valence-electron chi connectivity index (χ4n) is 2.04. The zero-order chi connectivity index (χ0) is 19.7. The summed E-state index contributed by atoms with van der Waals surface area (Å²) in [6, 6.07) is -4.12. The van der Waals surface area contributed by atoms with Crippen LogP contribution in [0.2, 0.25) is 0 Å². The minimum Gasteiger partial charge on any atom is -0.479 e. The van der Waals surface area contributed by atoms with Crippen molar-refractivity contribution < 1.29 is 29.1 Å². The number of carboxylic acid groups (broad SMARTS) is 1. The van der Waals surface area contributed by atoms with Crippen LogP contribution in [-0.4, -0.2) is 57.3 Å². The predicted molar refractivity (Wildman–Crippen MR) is 87.7 cm³/mol. The number of Topliss-reactive ketones (excluding diaryl/α,β-unsaturated/α-hetero) is 1. The average Bonchev–Trinajstić information content (AvgIpc) is 3.07. The Morgan fingerprint density at radius 1 is 1.27 bits per heavy atom. The van der Waals surface area contributed by atoms with E-state index in [1.54, 1.807) is 0 Å². The van der Waals surface area contributed by atoms with E-state index in [1.165, 1.54) is 0 Å². The van der Waals surface area contributed by atoms with E-state index in [0.29, 0.717) is 25.8 Å². The number of aliphatic hydroxyl groups is 1. The van der Waals surface area contributed by atoms with Gasteiger partial charge in [-0.3, -0.25) is 4.79 Å². The molecule has 12 nitrogen and oxygen atoms in total. The highest BCUT2D eigenvalue weighted by Crippen LogP contribution is 2.19. The molecule has 0 fully saturated rings. The zero-order valence-electron chi connectivity index (χ0n) is 14.3. The topological polar surface area (TPSA) is 207 Å². The van der Waals surface area contributed by atoms with E-state index in [1.807, 2.05) is 0 Å². The van der Waals surface area contributed by atoms with Crippen molar-refractivity contribution in [3.63, 3.8) is 0 Å². The lowest BCUT2D eigenvalue weighted by Gasteiger charge is -2.17. The third kappa shape index (κ3) is 6.38. The second kappa shape index (κ2) is 10.4. The molecule has 0 aliphatic carbocycles. The Morgan fingerprint density at radius 2 is 1.96 bits per heavy atom. The first-order valence-corrected chi connectivity index (χ1v) is 8.00. The number of amides is 2. The molecule has 8 N–H and O–H groups in total. The van der Waals surface area contributed by atoms with Crippen LogP contribution in [0.25, 0.3) is 0 Å². The summed E-state index contributed by atoms with van der Waals surface area (Å²) in [5.41, 5.74) is 11.1. The number of nitrogens with one attached hydrogen (secondary N) is 2. The number of hydrogen-bond acceptors (Lipinski definition) is 9. The number of unbranched alkanes of at least 4 members (excludes halogenated alkanes) is 1. The van der Waals surface area contributed by atoms with Crippen LogP contribution in [0.3, 0.4) is 0 Å². The van der Waals surface area contributed by atoms with Crippen molar-refractivity contribution in [2.24, 2.45) is 11.5 Å². The number of rotatable bonds is 11. The highest BCUT2D eigenvalue weighted by molar-refractivity contribution is 6.03. The lowest BCUT2D eigenvalue weighted by molar-refractivity contribution is -0.142. The van der Waals surface area contributed by atoms with Gasteiger partial charge in [0, 0.05) is 0 Å². The molecule has 1 rings (SSSR count). The van der Waals surface area contributed by atoms with Gasteiger partial charge in [0.15, 0.2) is 17.6 Å². The highest BCUT2D eigenvalue weighted by Gasteiger charge is 2.27. The Labute approximate surface area is 149 Å². The number of hydrogen-bond donors (Lipinski definition) is 6. The van der Waals surface area contributed by atoms with Gasteiger partial charge in [-0.15, -0.1) is 0 Å². The van der Waals surface area contributed by atoms with Gasteiger partial charge in [0.1, 0.15) is 6.04 Å². The summed E-state index contributed by atoms with van der Waals surface area (Å²) in [6.45, 7) is 1.12. The van der Waals surface area contributed by atoms with Crippen LogP contribution >= 0.6 is 0 Å². The van der Waals surface area contributed by atoms with Gasteiger partial charge in [0.2, 0.25) is 5.89 Å². The van der Waals surface area contributed by atoms with Crippen molar-refractivity contribution in [1.82, 2.24) is 20.8 Å². The first-order valence-electron chi connectivity index (χ1n) is 8.00. The summed E-state index contributed by atoms with van der Waals surface area (Å²) in [7, 11) is 0. The molecule has 0 unspecified atom stereocenters. The van der Waals surface area contributed by atoms with Crippen molar-refractivity contribution in [3.05, 3.63) is 11.7 Å². The molecular weight excluding hydrogens is 348 g/mol. The molecule has 0 aliphatic rings. The normalized spacial score (nSPS) is 14.3. The summed E-state index contributed by atoms with van der Waals surface area (Å²) in [5.74, 6) is -2.07. The Balaban J connectivity index is 2.85. The molecule has 0 saturated carbocycles. The maximum atomic E-state index is 12.1. The molecule has 0 aromatic carbocycles. The van der Waals surface area contributed by atoms with Gasteiger partial charge in [-0.1, -0.05) is 5.16 Å². The van der Waals surface area contributed by atoms with E-state index in [4.69, 9.17) is 26.2 Å². The SMILES string of the molecule is CC(=O)[C@H](NC(=O)N[C@@H](CCCCN)c1nc([C@@H](N)CO)no1)C(=O)O. The first kappa shape index (κ1) is 21.5. The zero-order valence-corrected chi connectivity index (χ0v) is 14.3. The third-order valence-electron chi connectivity index (χ3n) is 3.47. The van der Waals surface area contributed by atoms with Crippen LogP contribution in [0.5, 0.6) is 0 Å². The number of nitrogens with two attached hydrogens (primary N) is 2. The minimum atomic E-state index is -1.67. The molecule has 2 amide bonds. The summed E-state index contributed by atoms with van der Waals surface area (Å²) in [4.78, 5) is 38.4. The van der Waals surface area contributed by atoms with Gasteiger partial charge in [-0.2, -0.15) is 4.98 Å². The third-order valence-corrected chi connectivity index (χ3v) is 3.47. The van der Waals surface area contributed by atoms with Crippen molar-refractivity contribution in [3.8, 4) is 0 Å². The van der Waals surface area contributed by atoms with Crippen LogP contribution in [0.4, 0.5) is 4.79 Å². The molecule has 0 radical (unpaired) electrons. The average molecular weight is 372 g/mol. The van der Waals surface area contributed by atoms with E-state index in [-0.39, 0.29) is 18.3 Å². The molecule has 0 saturated heterocycles. The fraction of sp³-hybridized carbons (Fsp3) is 0.643. The highest BCUT2D eigenvalue weighted by atomic mass is 16.5. The van der Waals surface area contributed by atoms with E-state index in [9.17, 15) is 14.4 Å². The number of ketones is 1. The second-order valence-corrected chi connectivity index (χ2v) is 5.62. The van der Waals surface area contributed by atoms with Crippen LogP contribution < -0.4 is 22.1 Å². The molecule has 3 atom stereocenters. The monoisotopic (exact) mass is 372 g/mol. The van der Waals surface area contributed by atoms with E-state index < -0.39 is 35.9 Å². The molecule has 0 bridgehead atoms. The molecule has 26 heavy (non-hydrogen) atoms. The predicted octanol–water partition coefficient (Wildman–Crippen LogP) is -1.43. The van der Waals surface area contributed by atoms with Crippen LogP contribution in [0, 0.1) is 0 Å². The molecule has 146 valence electrons. The molecule has 0 spiro atoms. The lowest BCUT2D eigenvalue weighted by atomic mass is 10.1. The van der Waals surface area contributed by atoms with Crippen molar-refractivity contribution in [1.29, 1.82) is 0 Å². The standard InChI is InChI=1S/C14H24N6O6/c1-7(22)10(13(23)24)18-14(25)17-9(4-2-3-5-15)12-19-11(20-26-12)8(16)6-21/h8-10,21H,2-6,15-16H2,1H3,(H,23,24)(H2,17,18,25)/t8-,9-,10-/m0/s1. The van der Waals surface area contributed by atoms with Crippen molar-refractivity contribution in [2.75, 3.05) is 13.2 Å². The number of carboxylic acids is 1. The van der Waals surface area contributed by atoms with Gasteiger partial charge in [-0.05, 0) is 32.7 Å². The van der Waals surface area contributed by atoms with Crippen LogP contribution in [-0.2, 0) is 9.59 Å². The van der Waals surface area contributed by atoms with Crippen molar-refractivity contribution >= 4 is 17.8 Å². The smallest absolute Gasteiger partial charge is 0.334 e. The second-order valence-electron chi connectivity index (χ2n) is 5.62. The summed E-state index contributed by atoms with van der Waals surface area (Å²) >= 11 is 0. The fourth-order valence-corrected chi connectivity index (χ4v) is 2.04. The summed E-state index contributed by atoms with van der Waals surface area (Å²) in [6.07, 6.45) is 1.70. The summed E-state index contributed by atoms with van der Waals surface area (Å²) < 4.78 is 5.07. The molecule has 1 aromatic rings. The maximum Gasteiger partial charge on any atom is 0.334 e. The molecule has 1 aromatic heterocycles. The van der Waals surface area contributed by atoms with E-state index >= 15 is 0 Å². The Morgan fingerprint density at radius 3 is 2.50 bits per heavy atom. The quantitative estimate of drug-likeness (QED) is 0.197. The van der Waals surface area contributed by atoms with E-state index in [2.05, 4.69) is 20.8 Å². The maximum absolute atomic E-state index is 12.1. The van der Waals surface area contributed by atoms with Crippen molar-refractivity contribution in [2.45, 2.75) is 44.3 Å². The Kier molecular flexibility index (Phi) is 8.61. The lowest BCUT2D eigenvalue weighted by Crippen LogP contribution is -2.50. The molecule has 1 heterocycles. The van der Waals surface area contributed by atoms with Gasteiger partial charge < -0.3 is 36.8 Å². The van der Waals surface area contributed by atoms with Crippen LogP contribution in [0.1, 0.15) is 50.0 Å². The van der Waals surface area contributed by atoms with Gasteiger partial charge in [0.25, 0.3) is 0 Å². The largest absolute Gasteiger partial charge is 0.479 e. The number of nitrogens with zero attached hydrogens (tertiary/aromatic N) is 2. The minimum absolute atomic E-state index is 0.0470. The number of aliphatic hydroxyl groups excluding tert-OH is 1. The molecule has 12 heteroatoms. The number of aromatic nitrogens is 2. The molecule has 0 aliphatic heterocycles. The summed E-state index contributed by atoms with van der Waals surface area (Å²) in [5, 5.41) is 26.2. The number of carbonyl (C=O) groups is 3. The number of aliphatic carboxylic acids is 1.